The van der Waals surface area contributed by atoms with Crippen molar-refractivity contribution in [2.24, 2.45) is 0 Å². The number of hydrogen-bond acceptors (Lipinski definition) is 3. The van der Waals surface area contributed by atoms with E-state index in [4.69, 9.17) is 0 Å². The largest absolute Gasteiger partial charge is 0.343 e. The molecule has 0 bridgehead atoms. The molecule has 0 aliphatic carbocycles. The van der Waals surface area contributed by atoms with Gasteiger partial charge in [-0.15, -0.1) is 12.4 Å². The summed E-state index contributed by atoms with van der Waals surface area (Å²) >= 11 is 0. The number of aryl methyl sites for hydroxylation is 1. The number of fused-ring (bicyclic) bond motifs is 1. The van der Waals surface area contributed by atoms with Crippen LogP contribution in [0.15, 0.2) is 24.3 Å². The molecule has 0 saturated carbocycles. The van der Waals surface area contributed by atoms with Crippen LogP contribution in [0.5, 0.6) is 0 Å². The number of nitrogens with zero attached hydrogens (tertiary/aromatic N) is 2. The third-order valence-corrected chi connectivity index (χ3v) is 5.00. The topological polar surface area (TPSA) is 52.7 Å². The minimum absolute atomic E-state index is 0. The van der Waals surface area contributed by atoms with Gasteiger partial charge in [-0.3, -0.25) is 9.59 Å². The summed E-state index contributed by atoms with van der Waals surface area (Å²) in [5.41, 5.74) is 2.18. The maximum Gasteiger partial charge on any atom is 0.227 e. The van der Waals surface area contributed by atoms with Crippen molar-refractivity contribution < 1.29 is 9.59 Å². The van der Waals surface area contributed by atoms with E-state index in [9.17, 15) is 9.59 Å². The molecule has 1 saturated heterocycles. The van der Waals surface area contributed by atoms with Gasteiger partial charge in [0.1, 0.15) is 0 Å². The second kappa shape index (κ2) is 8.49. The van der Waals surface area contributed by atoms with Crippen molar-refractivity contribution in [3.05, 3.63) is 29.8 Å². The molecule has 2 aliphatic heterocycles. The molecule has 1 fully saturated rings. The lowest BCUT2D eigenvalue weighted by Gasteiger charge is -2.33. The molecule has 2 amide bonds. The number of halogens is 1. The first-order chi connectivity index (χ1) is 11.2. The first-order valence-electron chi connectivity index (χ1n) is 8.52. The number of carbonyl (C=O) groups is 2. The summed E-state index contributed by atoms with van der Waals surface area (Å²) in [6, 6.07) is 8.53. The predicted molar refractivity (Wildman–Crippen MR) is 97.6 cm³/mol. The maximum absolute atomic E-state index is 12.4. The second-order valence-corrected chi connectivity index (χ2v) is 6.37. The average Bonchev–Trinajstić information content (AvgIpc) is 2.60. The van der Waals surface area contributed by atoms with E-state index in [2.05, 4.69) is 11.4 Å². The zero-order valence-corrected chi connectivity index (χ0v) is 15.0. The Hall–Kier alpha value is -1.59. The van der Waals surface area contributed by atoms with Crippen molar-refractivity contribution in [2.45, 2.75) is 38.1 Å². The highest BCUT2D eigenvalue weighted by Crippen LogP contribution is 2.27. The Morgan fingerprint density at radius 3 is 2.62 bits per heavy atom. The zero-order chi connectivity index (χ0) is 16.2. The summed E-state index contributed by atoms with van der Waals surface area (Å²) < 4.78 is 0. The van der Waals surface area contributed by atoms with Gasteiger partial charge >= 0.3 is 0 Å². The third kappa shape index (κ3) is 4.08. The molecule has 6 heteroatoms. The van der Waals surface area contributed by atoms with Gasteiger partial charge in [0, 0.05) is 44.2 Å². The van der Waals surface area contributed by atoms with Gasteiger partial charge in [0.05, 0.1) is 0 Å². The minimum Gasteiger partial charge on any atom is -0.343 e. The monoisotopic (exact) mass is 351 g/mol. The smallest absolute Gasteiger partial charge is 0.227 e. The molecule has 3 rings (SSSR count). The summed E-state index contributed by atoms with van der Waals surface area (Å²) in [4.78, 5) is 28.4. The SMILES string of the molecule is CNC1CCN(C(=O)CCN2C(=O)CCc3ccccc32)CC1.Cl. The standard InChI is InChI=1S/C18H25N3O2.ClH/c1-19-15-8-11-20(12-9-15)17(22)10-13-21-16-5-3-2-4-14(16)6-7-18(21)23;/h2-5,15,19H,6-13H2,1H3;1H. The maximum atomic E-state index is 12.4. The summed E-state index contributed by atoms with van der Waals surface area (Å²) in [5.74, 6) is 0.292. The van der Waals surface area contributed by atoms with Crippen LogP contribution in [0.3, 0.4) is 0 Å². The van der Waals surface area contributed by atoms with Crippen molar-refractivity contribution in [1.82, 2.24) is 10.2 Å². The van der Waals surface area contributed by atoms with Crippen LogP contribution in [-0.2, 0) is 16.0 Å². The van der Waals surface area contributed by atoms with Crippen molar-refractivity contribution >= 4 is 29.9 Å². The molecule has 1 aromatic rings. The number of hydrogen-bond donors (Lipinski definition) is 1. The van der Waals surface area contributed by atoms with E-state index >= 15 is 0 Å². The van der Waals surface area contributed by atoms with Crippen LogP contribution in [0.25, 0.3) is 0 Å². The number of likely N-dealkylation sites (tertiary alicyclic amines) is 1. The Morgan fingerprint density at radius 1 is 1.21 bits per heavy atom. The number of carbonyl (C=O) groups excluding carboxylic acids is 2. The van der Waals surface area contributed by atoms with Gasteiger partial charge in [-0.25, -0.2) is 0 Å². The quantitative estimate of drug-likeness (QED) is 0.902. The summed E-state index contributed by atoms with van der Waals surface area (Å²) in [7, 11) is 1.97. The molecule has 24 heavy (non-hydrogen) atoms. The Balaban J connectivity index is 0.00000208. The molecule has 0 atom stereocenters. The van der Waals surface area contributed by atoms with Crippen LogP contribution in [0.1, 0.15) is 31.2 Å². The molecule has 2 aliphatic rings. The van der Waals surface area contributed by atoms with E-state index in [0.29, 0.717) is 25.4 Å². The van der Waals surface area contributed by atoms with E-state index in [1.165, 1.54) is 5.56 Å². The Morgan fingerprint density at radius 2 is 1.92 bits per heavy atom. The molecule has 132 valence electrons. The highest BCUT2D eigenvalue weighted by atomic mass is 35.5. The summed E-state index contributed by atoms with van der Waals surface area (Å²) in [6.07, 6.45) is 3.77. The van der Waals surface area contributed by atoms with Gasteiger partial charge in [-0.1, -0.05) is 18.2 Å². The van der Waals surface area contributed by atoms with Gasteiger partial charge in [-0.05, 0) is 37.9 Å². The van der Waals surface area contributed by atoms with Crippen molar-refractivity contribution in [2.75, 3.05) is 31.6 Å². The Bertz CT molecular complexity index is 585. The number of benzene rings is 1. The number of piperidine rings is 1. The lowest BCUT2D eigenvalue weighted by molar-refractivity contribution is -0.132. The van der Waals surface area contributed by atoms with Crippen LogP contribution in [0.2, 0.25) is 0 Å². The molecular formula is C18H26ClN3O2. The number of nitrogens with one attached hydrogen (secondary N) is 1. The number of para-hydroxylation sites is 1. The van der Waals surface area contributed by atoms with Crippen molar-refractivity contribution in [1.29, 1.82) is 0 Å². The lowest BCUT2D eigenvalue weighted by Crippen LogP contribution is -2.45. The first-order valence-corrected chi connectivity index (χ1v) is 8.52. The van der Waals surface area contributed by atoms with Crippen molar-refractivity contribution in [3.8, 4) is 0 Å². The highest BCUT2D eigenvalue weighted by Gasteiger charge is 2.26. The highest BCUT2D eigenvalue weighted by molar-refractivity contribution is 5.97. The first kappa shape index (κ1) is 18.7. The van der Waals surface area contributed by atoms with Gasteiger partial charge in [0.2, 0.25) is 11.8 Å². The van der Waals surface area contributed by atoms with Crippen LogP contribution < -0.4 is 10.2 Å². The number of amides is 2. The fourth-order valence-electron chi connectivity index (χ4n) is 3.52. The molecule has 0 spiro atoms. The van der Waals surface area contributed by atoms with Gasteiger partial charge in [0.25, 0.3) is 0 Å². The van der Waals surface area contributed by atoms with Crippen LogP contribution in [-0.4, -0.2) is 49.4 Å². The minimum atomic E-state index is 0. The molecular weight excluding hydrogens is 326 g/mol. The van der Waals surface area contributed by atoms with E-state index in [1.54, 1.807) is 4.90 Å². The van der Waals surface area contributed by atoms with Crippen LogP contribution in [0, 0.1) is 0 Å². The Labute approximate surface area is 149 Å². The third-order valence-electron chi connectivity index (χ3n) is 5.00. The Kier molecular flexibility index (Phi) is 6.63. The molecule has 0 aromatic heterocycles. The second-order valence-electron chi connectivity index (χ2n) is 6.37. The van der Waals surface area contributed by atoms with Crippen LogP contribution in [0.4, 0.5) is 5.69 Å². The summed E-state index contributed by atoms with van der Waals surface area (Å²) in [6.45, 7) is 2.12. The number of anilines is 1. The average molecular weight is 352 g/mol. The fourth-order valence-corrected chi connectivity index (χ4v) is 3.52. The van der Waals surface area contributed by atoms with Gasteiger partial charge in [-0.2, -0.15) is 0 Å². The van der Waals surface area contributed by atoms with E-state index in [-0.39, 0.29) is 24.2 Å². The summed E-state index contributed by atoms with van der Waals surface area (Å²) in [5, 5.41) is 3.27. The molecule has 1 N–H and O–H groups in total. The van der Waals surface area contributed by atoms with Crippen molar-refractivity contribution in [3.63, 3.8) is 0 Å². The van der Waals surface area contributed by atoms with Crippen LogP contribution >= 0.6 is 12.4 Å². The van der Waals surface area contributed by atoms with E-state index in [1.807, 2.05) is 30.1 Å². The van der Waals surface area contributed by atoms with Gasteiger partial charge < -0.3 is 15.1 Å². The molecule has 5 nitrogen and oxygen atoms in total. The lowest BCUT2D eigenvalue weighted by atomic mass is 10.0. The van der Waals surface area contributed by atoms with E-state index in [0.717, 1.165) is 38.0 Å². The van der Waals surface area contributed by atoms with Gasteiger partial charge in [0.15, 0.2) is 0 Å². The normalized spacial score (nSPS) is 18.1. The molecule has 0 unspecified atom stereocenters. The predicted octanol–water partition coefficient (Wildman–Crippen LogP) is 1.99. The molecule has 2 heterocycles. The fraction of sp³-hybridized carbons (Fsp3) is 0.556. The molecule has 1 aromatic carbocycles. The van der Waals surface area contributed by atoms with E-state index < -0.39 is 0 Å². The molecule has 0 radical (unpaired) electrons. The number of rotatable bonds is 4. The zero-order valence-electron chi connectivity index (χ0n) is 14.2.